The third-order valence-electron chi connectivity index (χ3n) is 6.98. The van der Waals surface area contributed by atoms with Gasteiger partial charge < -0.3 is 14.4 Å². The highest BCUT2D eigenvalue weighted by molar-refractivity contribution is 5.96. The van der Waals surface area contributed by atoms with Gasteiger partial charge in [0.05, 0.1) is 24.1 Å². The molecule has 0 radical (unpaired) electrons. The normalized spacial score (nSPS) is 22.5. The van der Waals surface area contributed by atoms with Gasteiger partial charge in [0.1, 0.15) is 11.4 Å². The Balaban J connectivity index is 1.32. The number of hydrogen-bond acceptors (Lipinski definition) is 7. The molecular formula is C27H31N5O3. The number of anilines is 2. The van der Waals surface area contributed by atoms with Gasteiger partial charge in [-0.3, -0.25) is 10.3 Å². The molecule has 6 rings (SSSR count). The van der Waals surface area contributed by atoms with E-state index in [1.54, 1.807) is 0 Å². The van der Waals surface area contributed by atoms with Gasteiger partial charge in [-0.15, -0.1) is 0 Å². The van der Waals surface area contributed by atoms with Crippen LogP contribution >= 0.6 is 0 Å². The molecule has 1 N–H and O–H groups in total. The Hall–Kier alpha value is -3.26. The molecule has 182 valence electrons. The fraction of sp³-hybridized carbons (Fsp3) is 0.481. The highest BCUT2D eigenvalue weighted by atomic mass is 16.6. The average molecular weight is 474 g/mol. The molecule has 2 atom stereocenters. The van der Waals surface area contributed by atoms with Crippen molar-refractivity contribution in [2.24, 2.45) is 5.41 Å². The molecule has 1 aliphatic carbocycles. The minimum atomic E-state index is -0.558. The van der Waals surface area contributed by atoms with E-state index in [1.807, 2.05) is 58.2 Å². The standard InChI is InChI=1S/C27H31N5O3/c1-16-7-8-28-24(29-16)20-10-19(20)22-11-23(32-12-27(13-32)14-34-15-27)18-6-5-17(9-21(18)31-22)30-25(33)35-26(2,3)4/h5-9,11,19-20H,10,12-15H2,1-4H3,(H,30,33)/t19-,20-/m0/s1. The molecule has 2 aromatic heterocycles. The molecule has 2 saturated heterocycles. The highest BCUT2D eigenvalue weighted by Crippen LogP contribution is 2.54. The van der Waals surface area contributed by atoms with E-state index in [9.17, 15) is 4.79 Å². The number of carbonyl (C=O) groups excluding carboxylic acids is 1. The van der Waals surface area contributed by atoms with Gasteiger partial charge in [-0.25, -0.2) is 14.8 Å². The summed E-state index contributed by atoms with van der Waals surface area (Å²) in [7, 11) is 0. The second-order valence-electron chi connectivity index (χ2n) is 11.3. The largest absolute Gasteiger partial charge is 0.444 e. The van der Waals surface area contributed by atoms with Crippen molar-refractivity contribution in [3.05, 3.63) is 53.7 Å². The molecule has 2 aliphatic heterocycles. The van der Waals surface area contributed by atoms with Crippen LogP contribution in [0.3, 0.4) is 0 Å². The quantitative estimate of drug-likeness (QED) is 0.583. The molecule has 1 amide bonds. The zero-order valence-electron chi connectivity index (χ0n) is 20.7. The van der Waals surface area contributed by atoms with Gasteiger partial charge in [-0.1, -0.05) is 0 Å². The molecule has 1 aromatic carbocycles. The maximum Gasteiger partial charge on any atom is 0.412 e. The van der Waals surface area contributed by atoms with Gasteiger partial charge in [0.25, 0.3) is 0 Å². The van der Waals surface area contributed by atoms with Gasteiger partial charge in [0.15, 0.2) is 0 Å². The first kappa shape index (κ1) is 22.2. The second kappa shape index (κ2) is 7.88. The van der Waals surface area contributed by atoms with E-state index in [-0.39, 0.29) is 0 Å². The van der Waals surface area contributed by atoms with E-state index < -0.39 is 11.7 Å². The van der Waals surface area contributed by atoms with Crippen LogP contribution in [0.2, 0.25) is 0 Å². The lowest BCUT2D eigenvalue weighted by molar-refractivity contribution is -0.126. The van der Waals surface area contributed by atoms with Crippen LogP contribution in [0.25, 0.3) is 10.9 Å². The molecule has 35 heavy (non-hydrogen) atoms. The fourth-order valence-electron chi connectivity index (χ4n) is 5.14. The molecule has 8 nitrogen and oxygen atoms in total. The number of aromatic nitrogens is 3. The lowest BCUT2D eigenvalue weighted by atomic mass is 9.77. The minimum absolute atomic E-state index is 0.290. The van der Waals surface area contributed by atoms with E-state index in [1.165, 1.54) is 5.69 Å². The van der Waals surface area contributed by atoms with Gasteiger partial charge in [-0.05, 0) is 64.4 Å². The number of fused-ring (bicyclic) bond motifs is 1. The Labute approximate surface area is 205 Å². The highest BCUT2D eigenvalue weighted by Gasteiger charge is 2.50. The van der Waals surface area contributed by atoms with E-state index in [0.29, 0.717) is 22.9 Å². The lowest BCUT2D eigenvalue weighted by Crippen LogP contribution is -2.66. The summed E-state index contributed by atoms with van der Waals surface area (Å²) in [6.45, 7) is 11.2. The summed E-state index contributed by atoms with van der Waals surface area (Å²) < 4.78 is 10.9. The fourth-order valence-corrected chi connectivity index (χ4v) is 5.14. The first-order valence-corrected chi connectivity index (χ1v) is 12.3. The van der Waals surface area contributed by atoms with Crippen molar-refractivity contribution in [2.75, 3.05) is 36.5 Å². The third kappa shape index (κ3) is 4.31. The monoisotopic (exact) mass is 473 g/mol. The zero-order chi connectivity index (χ0) is 24.4. The van der Waals surface area contributed by atoms with Crippen molar-refractivity contribution >= 4 is 28.4 Å². The summed E-state index contributed by atoms with van der Waals surface area (Å²) in [6.07, 6.45) is 2.36. The summed E-state index contributed by atoms with van der Waals surface area (Å²) in [4.78, 5) is 29.0. The van der Waals surface area contributed by atoms with E-state index >= 15 is 0 Å². The van der Waals surface area contributed by atoms with Gasteiger partial charge in [-0.2, -0.15) is 0 Å². The van der Waals surface area contributed by atoms with E-state index in [2.05, 4.69) is 26.3 Å². The Kier molecular flexibility index (Phi) is 5.00. The number of hydrogen-bond donors (Lipinski definition) is 1. The molecule has 8 heteroatoms. The van der Waals surface area contributed by atoms with Crippen LogP contribution in [0.15, 0.2) is 36.5 Å². The maximum atomic E-state index is 12.3. The lowest BCUT2D eigenvalue weighted by Gasteiger charge is -2.56. The molecule has 4 heterocycles. The first-order chi connectivity index (χ1) is 16.7. The summed E-state index contributed by atoms with van der Waals surface area (Å²) in [5, 5.41) is 3.94. The Morgan fingerprint density at radius 2 is 1.94 bits per heavy atom. The van der Waals surface area contributed by atoms with Crippen molar-refractivity contribution in [1.29, 1.82) is 0 Å². The van der Waals surface area contributed by atoms with Gasteiger partial charge in [0, 0.05) is 59.3 Å². The smallest absolute Gasteiger partial charge is 0.412 e. The predicted octanol–water partition coefficient (Wildman–Crippen LogP) is 4.79. The number of benzene rings is 1. The maximum absolute atomic E-state index is 12.3. The molecule has 0 bridgehead atoms. The SMILES string of the molecule is Cc1ccnc([C@H]2C[C@@H]2c2cc(N3CC4(COC4)C3)c3ccc(NC(=O)OC(C)(C)C)cc3n2)n1. The predicted molar refractivity (Wildman–Crippen MR) is 134 cm³/mol. The average Bonchev–Trinajstić information content (AvgIpc) is 3.51. The van der Waals surface area contributed by atoms with Crippen LogP contribution in [0, 0.1) is 12.3 Å². The Morgan fingerprint density at radius 1 is 1.14 bits per heavy atom. The molecular weight excluding hydrogens is 442 g/mol. The van der Waals surface area contributed by atoms with Crippen molar-refractivity contribution in [1.82, 2.24) is 15.0 Å². The number of aryl methyl sites for hydroxylation is 1. The topological polar surface area (TPSA) is 89.5 Å². The summed E-state index contributed by atoms with van der Waals surface area (Å²) in [6, 6.07) is 10.1. The zero-order valence-corrected chi connectivity index (χ0v) is 20.7. The molecule has 3 fully saturated rings. The number of ether oxygens (including phenoxy) is 2. The first-order valence-electron chi connectivity index (χ1n) is 12.3. The number of pyridine rings is 1. The molecule has 3 aliphatic rings. The van der Waals surface area contributed by atoms with Crippen molar-refractivity contribution in [3.8, 4) is 0 Å². The van der Waals surface area contributed by atoms with Crippen LogP contribution < -0.4 is 10.2 Å². The summed E-state index contributed by atoms with van der Waals surface area (Å²) in [5.41, 5.74) is 4.53. The van der Waals surface area contributed by atoms with Crippen LogP contribution in [0.5, 0.6) is 0 Å². The van der Waals surface area contributed by atoms with Crippen molar-refractivity contribution < 1.29 is 14.3 Å². The molecule has 1 spiro atoms. The van der Waals surface area contributed by atoms with Crippen LogP contribution in [0.4, 0.5) is 16.2 Å². The molecule has 1 saturated carbocycles. The molecule has 0 unspecified atom stereocenters. The number of carbonyl (C=O) groups is 1. The van der Waals surface area contributed by atoms with Crippen LogP contribution in [-0.4, -0.2) is 52.9 Å². The van der Waals surface area contributed by atoms with Gasteiger partial charge >= 0.3 is 6.09 Å². The third-order valence-corrected chi connectivity index (χ3v) is 6.98. The number of nitrogens with one attached hydrogen (secondary N) is 1. The van der Waals surface area contributed by atoms with E-state index in [0.717, 1.165) is 60.8 Å². The molecule has 3 aromatic rings. The number of rotatable bonds is 4. The number of amides is 1. The summed E-state index contributed by atoms with van der Waals surface area (Å²) in [5.74, 6) is 1.48. The van der Waals surface area contributed by atoms with Gasteiger partial charge in [0.2, 0.25) is 0 Å². The Morgan fingerprint density at radius 3 is 2.63 bits per heavy atom. The Bertz CT molecular complexity index is 1310. The van der Waals surface area contributed by atoms with Crippen molar-refractivity contribution in [2.45, 2.75) is 51.6 Å². The van der Waals surface area contributed by atoms with Crippen LogP contribution in [-0.2, 0) is 9.47 Å². The van der Waals surface area contributed by atoms with E-state index in [4.69, 9.17) is 14.5 Å². The number of nitrogens with zero attached hydrogens (tertiary/aromatic N) is 4. The van der Waals surface area contributed by atoms with Crippen molar-refractivity contribution in [3.63, 3.8) is 0 Å². The summed E-state index contributed by atoms with van der Waals surface area (Å²) >= 11 is 0. The second-order valence-corrected chi connectivity index (χ2v) is 11.3. The van der Waals surface area contributed by atoms with Crippen LogP contribution in [0.1, 0.15) is 56.2 Å². The minimum Gasteiger partial charge on any atom is -0.444 e.